The van der Waals surface area contributed by atoms with Gasteiger partial charge in [-0.3, -0.25) is 4.79 Å². The van der Waals surface area contributed by atoms with Crippen molar-refractivity contribution in [3.8, 4) is 0 Å². The molecule has 1 amide bonds. The molecular formula is C12H12N2O3S. The largest absolute Gasteiger partial charge is 0.476 e. The minimum absolute atomic E-state index is 0.0726. The summed E-state index contributed by atoms with van der Waals surface area (Å²) in [4.78, 5) is 21.8. The van der Waals surface area contributed by atoms with Gasteiger partial charge in [0, 0.05) is 6.92 Å². The predicted octanol–water partition coefficient (Wildman–Crippen LogP) is 1.85. The van der Waals surface area contributed by atoms with E-state index < -0.39 is 10.8 Å². The summed E-state index contributed by atoms with van der Waals surface area (Å²) in [5.41, 5.74) is 0.838. The standard InChI is InChI=1S/C12H12N2O3S/c1-8(15)14-12(2,9-6-4-3-5-7-9)18-10(13-14)11(16)17/h3-7H,1-2H3,(H,16,17). The number of hydrogen-bond acceptors (Lipinski definition) is 4. The molecule has 1 aromatic rings. The molecule has 1 N–H and O–H groups in total. The minimum atomic E-state index is -1.12. The van der Waals surface area contributed by atoms with Gasteiger partial charge in [-0.2, -0.15) is 5.10 Å². The van der Waals surface area contributed by atoms with E-state index in [-0.39, 0.29) is 11.0 Å². The van der Waals surface area contributed by atoms with Crippen molar-refractivity contribution < 1.29 is 14.7 Å². The molecule has 6 heteroatoms. The summed E-state index contributed by atoms with van der Waals surface area (Å²) in [6.45, 7) is 3.16. The molecule has 0 bridgehead atoms. The highest BCUT2D eigenvalue weighted by molar-refractivity contribution is 8.16. The van der Waals surface area contributed by atoms with Crippen LogP contribution in [0.3, 0.4) is 0 Å². The zero-order chi connectivity index (χ0) is 13.3. The molecule has 0 saturated heterocycles. The monoisotopic (exact) mass is 264 g/mol. The first kappa shape index (κ1) is 12.6. The van der Waals surface area contributed by atoms with Gasteiger partial charge in [0.2, 0.25) is 11.0 Å². The number of thioether (sulfide) groups is 1. The number of amides is 1. The van der Waals surface area contributed by atoms with Crippen molar-refractivity contribution in [3.05, 3.63) is 35.9 Å². The third-order valence-electron chi connectivity index (χ3n) is 2.68. The highest BCUT2D eigenvalue weighted by Gasteiger charge is 2.45. The number of carboxylic acids is 1. The normalized spacial score (nSPS) is 22.8. The molecule has 1 aliphatic heterocycles. The molecule has 5 nitrogen and oxygen atoms in total. The van der Waals surface area contributed by atoms with E-state index in [2.05, 4.69) is 5.10 Å². The lowest BCUT2D eigenvalue weighted by molar-refractivity contribution is -0.131. The fraction of sp³-hybridized carbons (Fsp3) is 0.250. The first-order valence-electron chi connectivity index (χ1n) is 5.32. The molecule has 1 unspecified atom stereocenters. The molecule has 18 heavy (non-hydrogen) atoms. The quantitative estimate of drug-likeness (QED) is 0.885. The zero-order valence-corrected chi connectivity index (χ0v) is 10.8. The molecule has 1 atom stereocenters. The Kier molecular flexibility index (Phi) is 3.13. The number of carbonyl (C=O) groups is 2. The summed E-state index contributed by atoms with van der Waals surface area (Å²) >= 11 is 1.07. The van der Waals surface area contributed by atoms with Crippen molar-refractivity contribution in [1.82, 2.24) is 5.01 Å². The fourth-order valence-electron chi connectivity index (χ4n) is 1.82. The molecule has 0 aliphatic carbocycles. The van der Waals surface area contributed by atoms with Gasteiger partial charge in [-0.05, 0) is 12.5 Å². The second-order valence-corrected chi connectivity index (χ2v) is 5.38. The van der Waals surface area contributed by atoms with Gasteiger partial charge in [0.1, 0.15) is 4.87 Å². The maximum Gasteiger partial charge on any atom is 0.363 e. The molecule has 0 radical (unpaired) electrons. The number of carboxylic acid groups (broad SMARTS) is 1. The Morgan fingerprint density at radius 2 is 1.94 bits per heavy atom. The lowest BCUT2D eigenvalue weighted by atomic mass is 10.1. The topological polar surface area (TPSA) is 70.0 Å². The minimum Gasteiger partial charge on any atom is -0.476 e. The average molecular weight is 264 g/mol. The number of hydrazone groups is 1. The maximum atomic E-state index is 11.6. The van der Waals surface area contributed by atoms with Crippen LogP contribution in [0.25, 0.3) is 0 Å². The Morgan fingerprint density at radius 1 is 1.33 bits per heavy atom. The van der Waals surface area contributed by atoms with Crippen molar-refractivity contribution in [2.45, 2.75) is 18.7 Å². The summed E-state index contributed by atoms with van der Waals surface area (Å²) in [7, 11) is 0. The Labute approximate surface area is 108 Å². The second kappa shape index (κ2) is 4.45. The van der Waals surface area contributed by atoms with E-state index in [0.717, 1.165) is 17.3 Å². The Morgan fingerprint density at radius 3 is 2.44 bits per heavy atom. The van der Waals surface area contributed by atoms with Crippen LogP contribution in [0.15, 0.2) is 35.4 Å². The van der Waals surface area contributed by atoms with Gasteiger partial charge in [-0.15, -0.1) is 0 Å². The van der Waals surface area contributed by atoms with Crippen LogP contribution in [0, 0.1) is 0 Å². The average Bonchev–Trinajstić information content (AvgIpc) is 2.70. The van der Waals surface area contributed by atoms with Crippen LogP contribution in [0.5, 0.6) is 0 Å². The number of aliphatic carboxylic acids is 1. The molecule has 0 aromatic heterocycles. The van der Waals surface area contributed by atoms with Gasteiger partial charge >= 0.3 is 5.97 Å². The van der Waals surface area contributed by atoms with E-state index in [1.165, 1.54) is 11.9 Å². The molecule has 1 aliphatic rings. The van der Waals surface area contributed by atoms with Crippen molar-refractivity contribution in [2.24, 2.45) is 5.10 Å². The van der Waals surface area contributed by atoms with Gasteiger partial charge in [0.15, 0.2) is 0 Å². The van der Waals surface area contributed by atoms with Crippen LogP contribution in [-0.4, -0.2) is 27.0 Å². The summed E-state index contributed by atoms with van der Waals surface area (Å²) in [5, 5.41) is 14.0. The lowest BCUT2D eigenvalue weighted by Crippen LogP contribution is -2.37. The van der Waals surface area contributed by atoms with Crippen LogP contribution in [0.2, 0.25) is 0 Å². The molecule has 0 spiro atoms. The van der Waals surface area contributed by atoms with E-state index in [4.69, 9.17) is 5.11 Å². The Hall–Kier alpha value is -1.82. The number of benzene rings is 1. The molecule has 94 valence electrons. The SMILES string of the molecule is CC(=O)N1N=C(C(=O)O)SC1(C)c1ccccc1. The van der Waals surface area contributed by atoms with Crippen molar-refractivity contribution in [3.63, 3.8) is 0 Å². The van der Waals surface area contributed by atoms with Gasteiger partial charge in [-0.25, -0.2) is 9.80 Å². The third-order valence-corrected chi connectivity index (χ3v) is 3.94. The van der Waals surface area contributed by atoms with E-state index >= 15 is 0 Å². The summed E-state index contributed by atoms with van der Waals surface area (Å²) in [6.07, 6.45) is 0. The van der Waals surface area contributed by atoms with Gasteiger partial charge < -0.3 is 5.11 Å². The first-order valence-corrected chi connectivity index (χ1v) is 6.14. The summed E-state index contributed by atoms with van der Waals surface area (Å²) in [6, 6.07) is 9.26. The van der Waals surface area contributed by atoms with Gasteiger partial charge in [-0.1, -0.05) is 42.1 Å². The zero-order valence-electron chi connectivity index (χ0n) is 9.95. The Balaban J connectivity index is 2.45. The van der Waals surface area contributed by atoms with Crippen LogP contribution in [0.1, 0.15) is 19.4 Å². The Bertz CT molecular complexity index is 529. The highest BCUT2D eigenvalue weighted by atomic mass is 32.2. The summed E-state index contributed by atoms with van der Waals surface area (Å²) < 4.78 is 0. The second-order valence-electron chi connectivity index (χ2n) is 3.99. The smallest absolute Gasteiger partial charge is 0.363 e. The fourth-order valence-corrected chi connectivity index (χ4v) is 2.92. The summed E-state index contributed by atoms with van der Waals surface area (Å²) in [5.74, 6) is -1.41. The van der Waals surface area contributed by atoms with Crippen molar-refractivity contribution >= 4 is 28.7 Å². The highest BCUT2D eigenvalue weighted by Crippen LogP contribution is 2.45. The molecule has 0 saturated carbocycles. The third kappa shape index (κ3) is 1.99. The molecule has 1 aromatic carbocycles. The molecular weight excluding hydrogens is 252 g/mol. The van der Waals surface area contributed by atoms with Crippen LogP contribution < -0.4 is 0 Å². The van der Waals surface area contributed by atoms with E-state index in [0.29, 0.717) is 0 Å². The van der Waals surface area contributed by atoms with Gasteiger partial charge in [0.05, 0.1) is 0 Å². The van der Waals surface area contributed by atoms with Crippen LogP contribution in [0.4, 0.5) is 0 Å². The molecule has 2 rings (SSSR count). The van der Waals surface area contributed by atoms with E-state index in [9.17, 15) is 9.59 Å². The van der Waals surface area contributed by atoms with Gasteiger partial charge in [0.25, 0.3) is 0 Å². The number of rotatable bonds is 2. The van der Waals surface area contributed by atoms with Crippen molar-refractivity contribution in [1.29, 1.82) is 0 Å². The van der Waals surface area contributed by atoms with E-state index in [1.807, 2.05) is 30.3 Å². The van der Waals surface area contributed by atoms with Crippen LogP contribution in [-0.2, 0) is 14.5 Å². The predicted molar refractivity (Wildman–Crippen MR) is 69.0 cm³/mol. The number of hydrogen-bond donors (Lipinski definition) is 1. The first-order chi connectivity index (χ1) is 8.45. The number of carbonyl (C=O) groups excluding carboxylic acids is 1. The molecule has 1 heterocycles. The number of nitrogens with zero attached hydrogens (tertiary/aromatic N) is 2. The van der Waals surface area contributed by atoms with Crippen molar-refractivity contribution in [2.75, 3.05) is 0 Å². The van der Waals surface area contributed by atoms with E-state index in [1.54, 1.807) is 6.92 Å². The lowest BCUT2D eigenvalue weighted by Gasteiger charge is -2.31. The molecule has 0 fully saturated rings. The van der Waals surface area contributed by atoms with Crippen LogP contribution >= 0.6 is 11.8 Å². The maximum absolute atomic E-state index is 11.6.